The molecule has 5 heteroatoms. The third-order valence-corrected chi connectivity index (χ3v) is 2.85. The van der Waals surface area contributed by atoms with E-state index < -0.39 is 6.04 Å². The minimum absolute atomic E-state index is 0.165. The van der Waals surface area contributed by atoms with Gasteiger partial charge in [0.25, 0.3) is 0 Å². The number of unbranched alkanes of at least 4 members (excludes halogenated alkanes) is 1. The van der Waals surface area contributed by atoms with Crippen molar-refractivity contribution in [1.29, 1.82) is 0 Å². The highest BCUT2D eigenvalue weighted by Crippen LogP contribution is 2.18. The van der Waals surface area contributed by atoms with E-state index in [0.29, 0.717) is 16.7 Å². The molecule has 16 heavy (non-hydrogen) atoms. The van der Waals surface area contributed by atoms with Gasteiger partial charge in [-0.1, -0.05) is 19.8 Å². The summed E-state index contributed by atoms with van der Waals surface area (Å²) in [5.74, 6) is -0.165. The van der Waals surface area contributed by atoms with Gasteiger partial charge in [0, 0.05) is 6.20 Å². The zero-order valence-corrected chi connectivity index (χ0v) is 10.8. The number of nitrogens with zero attached hydrogens (tertiary/aromatic N) is 1. The average molecular weight is 286 g/mol. The van der Waals surface area contributed by atoms with Crippen LogP contribution >= 0.6 is 15.9 Å². The van der Waals surface area contributed by atoms with E-state index in [1.54, 1.807) is 18.3 Å². The van der Waals surface area contributed by atoms with Crippen LogP contribution < -0.4 is 11.1 Å². The van der Waals surface area contributed by atoms with Crippen molar-refractivity contribution in [2.24, 2.45) is 5.73 Å². The Labute approximate surface area is 104 Å². The van der Waals surface area contributed by atoms with E-state index in [1.807, 2.05) is 0 Å². The molecule has 3 N–H and O–H groups in total. The highest BCUT2D eigenvalue weighted by Gasteiger charge is 2.13. The number of halogens is 1. The number of carbonyl (C=O) groups is 1. The fraction of sp³-hybridized carbons (Fsp3) is 0.455. The Morgan fingerprint density at radius 1 is 1.69 bits per heavy atom. The van der Waals surface area contributed by atoms with Crippen molar-refractivity contribution in [3.05, 3.63) is 22.9 Å². The van der Waals surface area contributed by atoms with Crippen LogP contribution in [0.5, 0.6) is 0 Å². The number of rotatable bonds is 5. The van der Waals surface area contributed by atoms with Crippen LogP contribution in [-0.4, -0.2) is 16.9 Å². The fourth-order valence-corrected chi connectivity index (χ4v) is 1.61. The lowest BCUT2D eigenvalue weighted by atomic mass is 10.1. The number of anilines is 1. The van der Waals surface area contributed by atoms with Crippen LogP contribution in [-0.2, 0) is 4.79 Å². The van der Waals surface area contributed by atoms with Gasteiger partial charge in [-0.2, -0.15) is 0 Å². The second kappa shape index (κ2) is 6.60. The smallest absolute Gasteiger partial charge is 0.241 e. The molecule has 1 aromatic rings. The SMILES string of the molecule is CCCCC(N)C(=O)Nc1cccnc1Br. The molecular formula is C11H16BrN3O. The molecule has 0 fully saturated rings. The first-order valence-electron chi connectivity index (χ1n) is 5.32. The number of carbonyl (C=O) groups excluding carboxylic acids is 1. The topological polar surface area (TPSA) is 68.0 Å². The Bertz CT molecular complexity index is 357. The van der Waals surface area contributed by atoms with Gasteiger partial charge >= 0.3 is 0 Å². The molecule has 0 spiro atoms. The molecule has 0 aliphatic rings. The lowest BCUT2D eigenvalue weighted by molar-refractivity contribution is -0.117. The summed E-state index contributed by atoms with van der Waals surface area (Å²) in [4.78, 5) is 15.7. The maximum absolute atomic E-state index is 11.7. The maximum Gasteiger partial charge on any atom is 0.241 e. The highest BCUT2D eigenvalue weighted by molar-refractivity contribution is 9.10. The molecule has 1 unspecified atom stereocenters. The standard InChI is InChI=1S/C11H16BrN3O/c1-2-3-5-8(13)11(16)15-9-6-4-7-14-10(9)12/h4,6-8H,2-3,5,13H2,1H3,(H,15,16). The fourth-order valence-electron chi connectivity index (χ4n) is 1.26. The molecule has 4 nitrogen and oxygen atoms in total. The van der Waals surface area contributed by atoms with Gasteiger partial charge in [-0.3, -0.25) is 4.79 Å². The highest BCUT2D eigenvalue weighted by atomic mass is 79.9. The molecule has 88 valence electrons. The van der Waals surface area contributed by atoms with Crippen LogP contribution in [0.25, 0.3) is 0 Å². The summed E-state index contributed by atoms with van der Waals surface area (Å²) in [5.41, 5.74) is 6.41. The first-order chi connectivity index (χ1) is 7.65. The Morgan fingerprint density at radius 2 is 2.44 bits per heavy atom. The molecule has 1 atom stereocenters. The minimum Gasteiger partial charge on any atom is -0.322 e. The van der Waals surface area contributed by atoms with E-state index >= 15 is 0 Å². The summed E-state index contributed by atoms with van der Waals surface area (Å²) in [7, 11) is 0. The van der Waals surface area contributed by atoms with Crippen LogP contribution in [0, 0.1) is 0 Å². The normalized spacial score (nSPS) is 12.2. The van der Waals surface area contributed by atoms with Gasteiger partial charge in [0.05, 0.1) is 11.7 Å². The summed E-state index contributed by atoms with van der Waals surface area (Å²) < 4.78 is 0.617. The number of pyridine rings is 1. The van der Waals surface area contributed by atoms with Crippen molar-refractivity contribution in [2.45, 2.75) is 32.2 Å². The molecular weight excluding hydrogens is 270 g/mol. The number of hydrogen-bond acceptors (Lipinski definition) is 3. The van der Waals surface area contributed by atoms with Gasteiger partial charge in [0.2, 0.25) is 5.91 Å². The second-order valence-corrected chi connectivity index (χ2v) is 4.33. The molecule has 0 bridgehead atoms. The zero-order chi connectivity index (χ0) is 12.0. The van der Waals surface area contributed by atoms with Crippen molar-refractivity contribution in [3.63, 3.8) is 0 Å². The second-order valence-electron chi connectivity index (χ2n) is 3.58. The molecule has 0 aliphatic heterocycles. The molecule has 1 aromatic heterocycles. The van der Waals surface area contributed by atoms with E-state index in [1.165, 1.54) is 0 Å². The summed E-state index contributed by atoms with van der Waals surface area (Å²) in [6.07, 6.45) is 4.36. The third kappa shape index (κ3) is 3.90. The van der Waals surface area contributed by atoms with Crippen LogP contribution in [0.1, 0.15) is 26.2 Å². The summed E-state index contributed by atoms with van der Waals surface area (Å²) in [6, 6.07) is 3.09. The number of aromatic nitrogens is 1. The predicted molar refractivity (Wildman–Crippen MR) is 68.1 cm³/mol. The summed E-state index contributed by atoms with van der Waals surface area (Å²) >= 11 is 3.26. The minimum atomic E-state index is -0.452. The monoisotopic (exact) mass is 285 g/mol. The molecule has 1 rings (SSSR count). The number of hydrogen-bond donors (Lipinski definition) is 2. The van der Waals surface area contributed by atoms with E-state index in [9.17, 15) is 4.79 Å². The molecule has 0 radical (unpaired) electrons. The van der Waals surface area contributed by atoms with E-state index in [0.717, 1.165) is 12.8 Å². The van der Waals surface area contributed by atoms with Crippen molar-refractivity contribution in [1.82, 2.24) is 4.98 Å². The maximum atomic E-state index is 11.7. The first kappa shape index (κ1) is 13.1. The molecule has 1 heterocycles. The molecule has 0 aliphatic carbocycles. The van der Waals surface area contributed by atoms with Gasteiger partial charge in [-0.15, -0.1) is 0 Å². The Kier molecular flexibility index (Phi) is 5.42. The van der Waals surface area contributed by atoms with Gasteiger partial charge < -0.3 is 11.1 Å². The Morgan fingerprint density at radius 3 is 3.06 bits per heavy atom. The van der Waals surface area contributed by atoms with E-state index in [-0.39, 0.29) is 5.91 Å². The number of amides is 1. The Hall–Kier alpha value is -0.940. The van der Waals surface area contributed by atoms with Crippen LogP contribution in [0.3, 0.4) is 0 Å². The van der Waals surface area contributed by atoms with Crippen LogP contribution in [0.15, 0.2) is 22.9 Å². The van der Waals surface area contributed by atoms with Crippen molar-refractivity contribution in [3.8, 4) is 0 Å². The van der Waals surface area contributed by atoms with Crippen LogP contribution in [0.4, 0.5) is 5.69 Å². The van der Waals surface area contributed by atoms with Crippen molar-refractivity contribution >= 4 is 27.5 Å². The lowest BCUT2D eigenvalue weighted by Gasteiger charge is -2.12. The molecule has 0 saturated carbocycles. The zero-order valence-electron chi connectivity index (χ0n) is 9.24. The summed E-state index contributed by atoms with van der Waals surface area (Å²) in [5, 5.41) is 2.75. The van der Waals surface area contributed by atoms with Crippen molar-refractivity contribution in [2.75, 3.05) is 5.32 Å². The number of nitrogens with one attached hydrogen (secondary N) is 1. The Balaban J connectivity index is 2.54. The quantitative estimate of drug-likeness (QED) is 0.816. The van der Waals surface area contributed by atoms with Gasteiger partial charge in [-0.25, -0.2) is 4.98 Å². The largest absolute Gasteiger partial charge is 0.322 e. The number of nitrogens with two attached hydrogens (primary N) is 1. The lowest BCUT2D eigenvalue weighted by Crippen LogP contribution is -2.35. The molecule has 0 aromatic carbocycles. The molecule has 0 saturated heterocycles. The van der Waals surface area contributed by atoms with Gasteiger partial charge in [-0.05, 0) is 34.5 Å². The predicted octanol–water partition coefficient (Wildman–Crippen LogP) is 2.30. The van der Waals surface area contributed by atoms with E-state index in [2.05, 4.69) is 33.2 Å². The molecule has 1 amide bonds. The van der Waals surface area contributed by atoms with Gasteiger partial charge in [0.15, 0.2) is 0 Å². The van der Waals surface area contributed by atoms with Gasteiger partial charge in [0.1, 0.15) is 4.60 Å². The summed E-state index contributed by atoms with van der Waals surface area (Å²) in [6.45, 7) is 2.07. The average Bonchev–Trinajstić information content (AvgIpc) is 2.28. The van der Waals surface area contributed by atoms with Crippen molar-refractivity contribution < 1.29 is 4.79 Å². The first-order valence-corrected chi connectivity index (χ1v) is 6.11. The van der Waals surface area contributed by atoms with Crippen LogP contribution in [0.2, 0.25) is 0 Å². The third-order valence-electron chi connectivity index (χ3n) is 2.22. The van der Waals surface area contributed by atoms with E-state index in [4.69, 9.17) is 5.73 Å².